The lowest BCUT2D eigenvalue weighted by atomic mass is 9.94. The first-order valence-electron chi connectivity index (χ1n) is 12.4. The van der Waals surface area contributed by atoms with Gasteiger partial charge in [-0.2, -0.15) is 5.26 Å². The summed E-state index contributed by atoms with van der Waals surface area (Å²) in [4.78, 5) is 26.7. The van der Waals surface area contributed by atoms with Gasteiger partial charge in [0.25, 0.3) is 0 Å². The Morgan fingerprint density at radius 3 is 2.51 bits per heavy atom. The van der Waals surface area contributed by atoms with Gasteiger partial charge >= 0.3 is 12.1 Å². The van der Waals surface area contributed by atoms with Gasteiger partial charge in [0.05, 0.1) is 31.2 Å². The number of rotatable bonds is 6. The molecular weight excluding hydrogens is 470 g/mol. The van der Waals surface area contributed by atoms with E-state index < -0.39 is 11.5 Å². The van der Waals surface area contributed by atoms with Crippen molar-refractivity contribution in [1.29, 1.82) is 5.26 Å². The minimum absolute atomic E-state index is 0.121. The maximum atomic E-state index is 12.8. The molecule has 0 saturated carbocycles. The van der Waals surface area contributed by atoms with Crippen LogP contribution in [0.1, 0.15) is 49.9 Å². The Morgan fingerprint density at radius 2 is 1.86 bits per heavy atom. The summed E-state index contributed by atoms with van der Waals surface area (Å²) < 4.78 is 18.7. The summed E-state index contributed by atoms with van der Waals surface area (Å²) in [5.74, 6) is -0.135. The Kier molecular flexibility index (Phi) is 7.44. The van der Waals surface area contributed by atoms with E-state index in [-0.39, 0.29) is 18.2 Å². The Balaban J connectivity index is 1.45. The number of ether oxygens (including phenoxy) is 3. The summed E-state index contributed by atoms with van der Waals surface area (Å²) in [7, 11) is 3.35. The molecule has 1 unspecified atom stereocenters. The van der Waals surface area contributed by atoms with Gasteiger partial charge in [0.15, 0.2) is 0 Å². The van der Waals surface area contributed by atoms with Crippen LogP contribution in [-0.2, 0) is 27.7 Å². The van der Waals surface area contributed by atoms with Crippen LogP contribution in [0.5, 0.6) is 5.75 Å². The van der Waals surface area contributed by atoms with Crippen molar-refractivity contribution in [2.75, 3.05) is 20.2 Å². The Hall–Kier alpha value is -3.99. The number of likely N-dealkylation sites (tertiary alicyclic amines) is 1. The lowest BCUT2D eigenvalue weighted by molar-refractivity contribution is -0.142. The highest BCUT2D eigenvalue weighted by molar-refractivity contribution is 5.84. The summed E-state index contributed by atoms with van der Waals surface area (Å²) in [6, 6.07) is 17.2. The number of methoxy groups -OCH3 is 1. The van der Waals surface area contributed by atoms with Crippen molar-refractivity contribution in [3.05, 3.63) is 65.4 Å². The summed E-state index contributed by atoms with van der Waals surface area (Å²) in [6.45, 7) is 6.60. The summed E-state index contributed by atoms with van der Waals surface area (Å²) in [6.07, 6.45) is 0.726. The van der Waals surface area contributed by atoms with Gasteiger partial charge in [-0.05, 0) is 62.7 Å². The number of aryl methyl sites for hydroxylation is 1. The van der Waals surface area contributed by atoms with Crippen LogP contribution in [0.25, 0.3) is 10.9 Å². The fourth-order valence-electron chi connectivity index (χ4n) is 4.65. The van der Waals surface area contributed by atoms with E-state index in [0.717, 1.165) is 28.6 Å². The Labute approximate surface area is 217 Å². The van der Waals surface area contributed by atoms with Crippen molar-refractivity contribution in [2.24, 2.45) is 7.05 Å². The van der Waals surface area contributed by atoms with Crippen LogP contribution in [0.2, 0.25) is 0 Å². The molecule has 2 heterocycles. The molecule has 1 aromatic heterocycles. The maximum absolute atomic E-state index is 12.8. The first-order chi connectivity index (χ1) is 17.6. The number of nitrogens with zero attached hydrogens (tertiary/aromatic N) is 3. The fraction of sp³-hybridized carbons (Fsp3) is 0.414. The molecule has 1 aliphatic rings. The average molecular weight is 504 g/mol. The molecule has 2 atom stereocenters. The summed E-state index contributed by atoms with van der Waals surface area (Å²) in [5, 5.41) is 10.2. The zero-order valence-corrected chi connectivity index (χ0v) is 22.0. The van der Waals surface area contributed by atoms with E-state index >= 15 is 0 Å². The van der Waals surface area contributed by atoms with Crippen LogP contribution in [-0.4, -0.2) is 53.4 Å². The molecule has 0 N–H and O–H groups in total. The number of benzene rings is 2. The van der Waals surface area contributed by atoms with Crippen LogP contribution < -0.4 is 4.74 Å². The van der Waals surface area contributed by atoms with Gasteiger partial charge in [-0.1, -0.05) is 12.1 Å². The highest BCUT2D eigenvalue weighted by Gasteiger charge is 2.31. The summed E-state index contributed by atoms with van der Waals surface area (Å²) in [5.41, 5.74) is 2.85. The molecule has 0 radical (unpaired) electrons. The van der Waals surface area contributed by atoms with Crippen LogP contribution in [0.15, 0.2) is 48.5 Å². The lowest BCUT2D eigenvalue weighted by Crippen LogP contribution is -2.36. The van der Waals surface area contributed by atoms with E-state index in [1.807, 2.05) is 74.9 Å². The van der Waals surface area contributed by atoms with E-state index in [1.54, 1.807) is 11.0 Å². The SMILES string of the molecule is COC(=O)C(Cc1cc2cc(C#N)ccc2n1C)c1ccc(O[C@H]2CCN(C(=O)OC(C)(C)C)C2)cc1. The molecule has 8 heteroatoms. The molecule has 0 bridgehead atoms. The second kappa shape index (κ2) is 10.6. The van der Waals surface area contributed by atoms with Crippen molar-refractivity contribution in [3.8, 4) is 11.8 Å². The van der Waals surface area contributed by atoms with E-state index in [4.69, 9.17) is 14.2 Å². The number of hydrogen-bond donors (Lipinski definition) is 0. The molecule has 1 saturated heterocycles. The number of carbonyl (C=O) groups is 2. The largest absolute Gasteiger partial charge is 0.489 e. The topological polar surface area (TPSA) is 93.8 Å². The molecule has 1 amide bonds. The Bertz CT molecular complexity index is 1330. The maximum Gasteiger partial charge on any atom is 0.410 e. The number of nitriles is 1. The van der Waals surface area contributed by atoms with Gasteiger partial charge < -0.3 is 23.7 Å². The number of carbonyl (C=O) groups excluding carboxylic acids is 2. The van der Waals surface area contributed by atoms with E-state index in [2.05, 4.69) is 6.07 Å². The lowest BCUT2D eigenvalue weighted by Gasteiger charge is -2.24. The number of amides is 1. The monoisotopic (exact) mass is 503 g/mol. The molecule has 0 spiro atoms. The molecule has 3 aromatic rings. The molecule has 1 fully saturated rings. The molecule has 37 heavy (non-hydrogen) atoms. The normalized spacial score (nSPS) is 16.3. The second-order valence-electron chi connectivity index (χ2n) is 10.4. The number of hydrogen-bond acceptors (Lipinski definition) is 6. The predicted molar refractivity (Wildman–Crippen MR) is 139 cm³/mol. The minimum Gasteiger partial charge on any atom is -0.489 e. The van der Waals surface area contributed by atoms with E-state index in [9.17, 15) is 14.9 Å². The second-order valence-corrected chi connectivity index (χ2v) is 10.4. The molecule has 0 aliphatic carbocycles. The molecule has 1 aliphatic heterocycles. The molecule has 194 valence electrons. The zero-order chi connectivity index (χ0) is 26.7. The predicted octanol–water partition coefficient (Wildman–Crippen LogP) is 4.94. The van der Waals surface area contributed by atoms with Crippen molar-refractivity contribution in [2.45, 2.75) is 51.2 Å². The third-order valence-corrected chi connectivity index (χ3v) is 6.55. The average Bonchev–Trinajstić information content (AvgIpc) is 3.45. The van der Waals surface area contributed by atoms with Gasteiger partial charge in [0, 0.05) is 43.0 Å². The quantitative estimate of drug-likeness (QED) is 0.443. The Morgan fingerprint density at radius 1 is 1.14 bits per heavy atom. The van der Waals surface area contributed by atoms with Gasteiger partial charge in [0.1, 0.15) is 17.5 Å². The van der Waals surface area contributed by atoms with Gasteiger partial charge in [-0.25, -0.2) is 4.79 Å². The smallest absolute Gasteiger partial charge is 0.410 e. The third-order valence-electron chi connectivity index (χ3n) is 6.55. The highest BCUT2D eigenvalue weighted by Crippen LogP contribution is 2.29. The summed E-state index contributed by atoms with van der Waals surface area (Å²) >= 11 is 0. The number of aromatic nitrogens is 1. The third kappa shape index (κ3) is 6.05. The van der Waals surface area contributed by atoms with Crippen molar-refractivity contribution < 1.29 is 23.8 Å². The minimum atomic E-state index is -0.534. The first kappa shape index (κ1) is 26.1. The highest BCUT2D eigenvalue weighted by atomic mass is 16.6. The van der Waals surface area contributed by atoms with Gasteiger partial charge in [0.2, 0.25) is 0 Å². The molecule has 4 rings (SSSR count). The molecule has 8 nitrogen and oxygen atoms in total. The van der Waals surface area contributed by atoms with Crippen LogP contribution in [0.3, 0.4) is 0 Å². The van der Waals surface area contributed by atoms with Gasteiger partial charge in [-0.15, -0.1) is 0 Å². The number of fused-ring (bicyclic) bond motifs is 1. The van der Waals surface area contributed by atoms with Crippen LogP contribution >= 0.6 is 0 Å². The van der Waals surface area contributed by atoms with Crippen LogP contribution in [0.4, 0.5) is 4.79 Å². The van der Waals surface area contributed by atoms with Crippen molar-refractivity contribution in [3.63, 3.8) is 0 Å². The standard InChI is InChI=1S/C29H33N3O5/c1-29(2,3)37-28(34)32-13-12-24(18-32)36-23-9-7-20(8-10-23)25(27(33)35-5)16-22-15-21-14-19(17-30)6-11-26(21)31(22)4/h6-11,14-15,24-25H,12-13,16,18H2,1-5H3/t24-,25?/m0/s1. The van der Waals surface area contributed by atoms with E-state index in [0.29, 0.717) is 30.8 Å². The van der Waals surface area contributed by atoms with Crippen molar-refractivity contribution in [1.82, 2.24) is 9.47 Å². The van der Waals surface area contributed by atoms with Crippen molar-refractivity contribution >= 4 is 23.0 Å². The fourth-order valence-corrected chi connectivity index (χ4v) is 4.65. The zero-order valence-electron chi connectivity index (χ0n) is 22.0. The molecule has 2 aromatic carbocycles. The van der Waals surface area contributed by atoms with Gasteiger partial charge in [-0.3, -0.25) is 4.79 Å². The number of esters is 1. The molecular formula is C29H33N3O5. The van der Waals surface area contributed by atoms with Crippen LogP contribution in [0, 0.1) is 11.3 Å². The first-order valence-corrected chi connectivity index (χ1v) is 12.4. The van der Waals surface area contributed by atoms with E-state index in [1.165, 1.54) is 7.11 Å².